The van der Waals surface area contributed by atoms with E-state index in [9.17, 15) is 9.59 Å². The largest absolute Gasteiger partial charge is 0.496 e. The highest BCUT2D eigenvalue weighted by atomic mass is 32.2. The van der Waals surface area contributed by atoms with Crippen LogP contribution in [0.25, 0.3) is 16.9 Å². The summed E-state index contributed by atoms with van der Waals surface area (Å²) in [6.45, 7) is 2.20. The van der Waals surface area contributed by atoms with Gasteiger partial charge < -0.3 is 10.1 Å². The lowest BCUT2D eigenvalue weighted by molar-refractivity contribution is -0.123. The smallest absolute Gasteiger partial charge is 0.240 e. The number of methoxy groups -OCH3 is 1. The molecular formula is C34H31N5O3S. The van der Waals surface area contributed by atoms with Gasteiger partial charge in [0.05, 0.1) is 29.5 Å². The molecule has 0 bridgehead atoms. The number of thioether (sulfide) groups is 1. The van der Waals surface area contributed by atoms with Gasteiger partial charge in [-0.1, -0.05) is 66.7 Å². The number of anilines is 1. The van der Waals surface area contributed by atoms with E-state index < -0.39 is 0 Å². The van der Waals surface area contributed by atoms with Gasteiger partial charge in [0.25, 0.3) is 0 Å². The van der Waals surface area contributed by atoms with Crippen LogP contribution in [0.15, 0.2) is 103 Å². The number of para-hydroxylation sites is 2. The van der Waals surface area contributed by atoms with Gasteiger partial charge in [-0.3, -0.25) is 19.5 Å². The van der Waals surface area contributed by atoms with Crippen LogP contribution in [0.1, 0.15) is 27.5 Å². The first kappa shape index (κ1) is 28.2. The fourth-order valence-electron chi connectivity index (χ4n) is 5.33. The molecule has 9 heteroatoms. The zero-order valence-corrected chi connectivity index (χ0v) is 24.8. The summed E-state index contributed by atoms with van der Waals surface area (Å²) in [5, 5.41) is 7.87. The summed E-state index contributed by atoms with van der Waals surface area (Å²) in [4.78, 5) is 33.0. The molecule has 5 aromatic rings. The van der Waals surface area contributed by atoms with Gasteiger partial charge in [-0.2, -0.15) is 5.10 Å². The van der Waals surface area contributed by atoms with Gasteiger partial charge in [0.2, 0.25) is 11.8 Å². The number of hydrogen-bond acceptors (Lipinski definition) is 6. The molecule has 2 amide bonds. The molecule has 0 aliphatic carbocycles. The van der Waals surface area contributed by atoms with Crippen LogP contribution in [0.4, 0.5) is 5.82 Å². The number of benzene rings is 3. The third-order valence-corrected chi connectivity index (χ3v) is 8.68. The number of rotatable bonds is 8. The minimum atomic E-state index is -0.284. The Morgan fingerprint density at radius 3 is 2.47 bits per heavy atom. The Bertz CT molecular complexity index is 1760. The Morgan fingerprint density at radius 2 is 1.70 bits per heavy atom. The molecule has 0 saturated carbocycles. The maximum atomic E-state index is 14.0. The Morgan fingerprint density at radius 1 is 0.977 bits per heavy atom. The molecule has 1 N–H and O–H groups in total. The third-order valence-electron chi connectivity index (χ3n) is 7.44. The van der Waals surface area contributed by atoms with Crippen LogP contribution in [0.2, 0.25) is 0 Å². The van der Waals surface area contributed by atoms with Crippen LogP contribution in [-0.4, -0.2) is 46.0 Å². The van der Waals surface area contributed by atoms with E-state index in [0.29, 0.717) is 12.4 Å². The molecule has 1 aliphatic heterocycles. The number of carbonyl (C=O) groups is 2. The number of ether oxygens (including phenoxy) is 1. The van der Waals surface area contributed by atoms with E-state index in [4.69, 9.17) is 9.84 Å². The molecular weight excluding hydrogens is 558 g/mol. The van der Waals surface area contributed by atoms with Crippen LogP contribution < -0.4 is 15.0 Å². The molecule has 0 saturated heterocycles. The van der Waals surface area contributed by atoms with E-state index >= 15 is 0 Å². The predicted octanol–water partition coefficient (Wildman–Crippen LogP) is 5.74. The van der Waals surface area contributed by atoms with Crippen molar-refractivity contribution in [2.75, 3.05) is 24.3 Å². The van der Waals surface area contributed by atoms with Crippen LogP contribution in [0.5, 0.6) is 5.75 Å². The predicted molar refractivity (Wildman–Crippen MR) is 169 cm³/mol. The van der Waals surface area contributed by atoms with Crippen LogP contribution in [0.3, 0.4) is 0 Å². The van der Waals surface area contributed by atoms with Gasteiger partial charge in [0.15, 0.2) is 0 Å². The Hall–Kier alpha value is -4.89. The van der Waals surface area contributed by atoms with E-state index in [-0.39, 0.29) is 29.4 Å². The first-order valence-electron chi connectivity index (χ1n) is 14.0. The van der Waals surface area contributed by atoms with Crippen LogP contribution in [0, 0.1) is 6.92 Å². The Kier molecular flexibility index (Phi) is 8.24. The molecule has 0 radical (unpaired) electrons. The average Bonchev–Trinajstić information content (AvgIpc) is 3.37. The fraction of sp³-hybridized carbons (Fsp3) is 0.176. The number of pyridine rings is 1. The standard InChI is InChI=1S/C34H31N5O3S/c1-23-10-6-8-14-27(23)39-34-31(32(37-39)25-11-4-3-5-12-25)33(26-13-7-9-15-28(26)42-2)43-22-30(41)38(34)21-29(40)36-20-24-16-18-35-19-17-24/h3-19,33H,20-22H2,1-2H3,(H,36,40)/t33-/m0/s1. The number of nitrogens with zero attached hydrogens (tertiary/aromatic N) is 4. The highest BCUT2D eigenvalue weighted by Crippen LogP contribution is 2.50. The first-order valence-corrected chi connectivity index (χ1v) is 15.0. The van der Waals surface area contributed by atoms with Gasteiger partial charge in [0, 0.05) is 35.6 Å². The normalized spacial score (nSPS) is 14.6. The van der Waals surface area contributed by atoms with Crippen molar-refractivity contribution in [3.8, 4) is 22.7 Å². The summed E-state index contributed by atoms with van der Waals surface area (Å²) in [5.74, 6) is 1.05. The lowest BCUT2D eigenvalue weighted by Crippen LogP contribution is -2.42. The number of carbonyl (C=O) groups excluding carboxylic acids is 2. The maximum absolute atomic E-state index is 14.0. The van der Waals surface area contributed by atoms with Gasteiger partial charge in [-0.25, -0.2) is 4.68 Å². The molecule has 3 aromatic carbocycles. The zero-order chi connectivity index (χ0) is 29.8. The zero-order valence-electron chi connectivity index (χ0n) is 23.9. The lowest BCUT2D eigenvalue weighted by atomic mass is 9.99. The molecule has 3 heterocycles. The average molecular weight is 590 g/mol. The van der Waals surface area contributed by atoms with E-state index in [0.717, 1.165) is 44.9 Å². The molecule has 0 spiro atoms. The second-order valence-corrected chi connectivity index (χ2v) is 11.3. The fourth-order valence-corrected chi connectivity index (χ4v) is 6.55. The summed E-state index contributed by atoms with van der Waals surface area (Å²) < 4.78 is 7.62. The van der Waals surface area contributed by atoms with Crippen molar-refractivity contribution in [2.45, 2.75) is 18.7 Å². The molecule has 6 rings (SSSR count). The number of fused-ring (bicyclic) bond motifs is 1. The van der Waals surface area contributed by atoms with E-state index in [1.807, 2.05) is 103 Å². The van der Waals surface area contributed by atoms with Crippen molar-refractivity contribution < 1.29 is 14.3 Å². The maximum Gasteiger partial charge on any atom is 0.240 e. The third kappa shape index (κ3) is 5.76. The lowest BCUT2D eigenvalue weighted by Gasteiger charge is -2.24. The van der Waals surface area contributed by atoms with Crippen molar-refractivity contribution in [1.82, 2.24) is 20.1 Å². The molecule has 8 nitrogen and oxygen atoms in total. The number of amides is 2. The highest BCUT2D eigenvalue weighted by Gasteiger charge is 2.38. The van der Waals surface area contributed by atoms with Gasteiger partial charge >= 0.3 is 0 Å². The molecule has 1 aliphatic rings. The second-order valence-electron chi connectivity index (χ2n) is 10.2. The number of aryl methyl sites for hydroxylation is 1. The van der Waals surface area contributed by atoms with Crippen molar-refractivity contribution in [1.29, 1.82) is 0 Å². The van der Waals surface area contributed by atoms with Gasteiger partial charge in [-0.15, -0.1) is 11.8 Å². The second kappa shape index (κ2) is 12.5. The van der Waals surface area contributed by atoms with E-state index in [1.165, 1.54) is 11.8 Å². The summed E-state index contributed by atoms with van der Waals surface area (Å²) in [5.41, 5.74) is 6.22. The Labute approximate surface area is 254 Å². The molecule has 0 fully saturated rings. The summed E-state index contributed by atoms with van der Waals surface area (Å²) in [6, 6.07) is 29.5. The molecule has 2 aromatic heterocycles. The van der Waals surface area contributed by atoms with Crippen molar-refractivity contribution >= 4 is 29.4 Å². The first-order chi connectivity index (χ1) is 21.0. The number of hydrogen-bond donors (Lipinski definition) is 1. The van der Waals surface area contributed by atoms with Crippen LogP contribution in [-0.2, 0) is 16.1 Å². The molecule has 1 atom stereocenters. The SMILES string of the molecule is COc1ccccc1[C@@H]1SCC(=O)N(CC(=O)NCc2ccncc2)c2c1c(-c1ccccc1)nn2-c1ccccc1C. The minimum absolute atomic E-state index is 0.151. The van der Waals surface area contributed by atoms with Crippen LogP contribution >= 0.6 is 11.8 Å². The Balaban J connectivity index is 1.55. The van der Waals surface area contributed by atoms with Gasteiger partial charge in [-0.05, 0) is 42.3 Å². The van der Waals surface area contributed by atoms with E-state index in [2.05, 4.69) is 10.3 Å². The van der Waals surface area contributed by atoms with E-state index in [1.54, 1.807) is 24.4 Å². The van der Waals surface area contributed by atoms with Crippen molar-refractivity contribution in [3.63, 3.8) is 0 Å². The number of aromatic nitrogens is 3. The number of nitrogens with one attached hydrogen (secondary N) is 1. The summed E-state index contributed by atoms with van der Waals surface area (Å²) >= 11 is 1.52. The summed E-state index contributed by atoms with van der Waals surface area (Å²) in [6.07, 6.45) is 3.38. The summed E-state index contributed by atoms with van der Waals surface area (Å²) in [7, 11) is 1.65. The van der Waals surface area contributed by atoms with Crippen molar-refractivity contribution in [2.24, 2.45) is 0 Å². The molecule has 0 unspecified atom stereocenters. The molecule has 216 valence electrons. The molecule has 43 heavy (non-hydrogen) atoms. The highest BCUT2D eigenvalue weighted by molar-refractivity contribution is 8.00. The van der Waals surface area contributed by atoms with Crippen molar-refractivity contribution in [3.05, 3.63) is 126 Å². The minimum Gasteiger partial charge on any atom is -0.496 e. The topological polar surface area (TPSA) is 89.3 Å². The van der Waals surface area contributed by atoms with Gasteiger partial charge in [0.1, 0.15) is 18.1 Å². The monoisotopic (exact) mass is 589 g/mol. The quantitative estimate of drug-likeness (QED) is 0.249.